The van der Waals surface area contributed by atoms with Crippen LogP contribution in [0.3, 0.4) is 0 Å². The number of anilines is 1. The van der Waals surface area contributed by atoms with Crippen LogP contribution in [0.5, 0.6) is 0 Å². The Morgan fingerprint density at radius 3 is 3.00 bits per heavy atom. The predicted octanol–water partition coefficient (Wildman–Crippen LogP) is 3.74. The lowest BCUT2D eigenvalue weighted by molar-refractivity contribution is 0.561. The quantitative estimate of drug-likeness (QED) is 0.849. The van der Waals surface area contributed by atoms with E-state index in [-0.39, 0.29) is 0 Å². The maximum Gasteiger partial charge on any atom is 0.192 e. The number of rotatable bonds is 4. The molecule has 2 rings (SSSR count). The molecule has 1 heterocycles. The SMILES string of the molecule is CCCC(C)Nc1ccc2oc(C)nc2c1. The summed E-state index contributed by atoms with van der Waals surface area (Å²) in [5, 5.41) is 3.46. The zero-order valence-corrected chi connectivity index (χ0v) is 10.1. The van der Waals surface area contributed by atoms with E-state index in [1.807, 2.05) is 25.1 Å². The van der Waals surface area contributed by atoms with E-state index in [4.69, 9.17) is 4.42 Å². The fraction of sp³-hybridized carbons (Fsp3) is 0.462. The van der Waals surface area contributed by atoms with E-state index in [1.165, 1.54) is 12.8 Å². The molecule has 0 spiro atoms. The highest BCUT2D eigenvalue weighted by molar-refractivity contribution is 5.77. The van der Waals surface area contributed by atoms with Crippen molar-refractivity contribution < 1.29 is 4.42 Å². The van der Waals surface area contributed by atoms with Gasteiger partial charge in [0.15, 0.2) is 11.5 Å². The summed E-state index contributed by atoms with van der Waals surface area (Å²) < 4.78 is 5.44. The van der Waals surface area contributed by atoms with E-state index in [2.05, 4.69) is 24.1 Å². The Bertz CT molecular complexity index is 476. The third-order valence-corrected chi connectivity index (χ3v) is 2.63. The van der Waals surface area contributed by atoms with Gasteiger partial charge in [0.1, 0.15) is 5.52 Å². The number of nitrogens with one attached hydrogen (secondary N) is 1. The van der Waals surface area contributed by atoms with Gasteiger partial charge >= 0.3 is 0 Å². The van der Waals surface area contributed by atoms with Crippen molar-refractivity contribution in [2.24, 2.45) is 0 Å². The minimum Gasteiger partial charge on any atom is -0.441 e. The minimum atomic E-state index is 0.496. The maximum absolute atomic E-state index is 5.44. The standard InChI is InChI=1S/C13H18N2O/c1-4-5-9(2)14-11-6-7-13-12(8-11)15-10(3)16-13/h6-9,14H,4-5H2,1-3H3. The van der Waals surface area contributed by atoms with Gasteiger partial charge in [0.05, 0.1) is 0 Å². The van der Waals surface area contributed by atoms with Crippen molar-refractivity contribution in [1.82, 2.24) is 4.98 Å². The second-order valence-corrected chi connectivity index (χ2v) is 4.25. The van der Waals surface area contributed by atoms with Gasteiger partial charge in [-0.05, 0) is 31.5 Å². The van der Waals surface area contributed by atoms with Crippen molar-refractivity contribution in [3.8, 4) is 0 Å². The van der Waals surface area contributed by atoms with E-state index in [1.54, 1.807) is 0 Å². The summed E-state index contributed by atoms with van der Waals surface area (Å²) in [5.74, 6) is 0.716. The van der Waals surface area contributed by atoms with Crippen molar-refractivity contribution >= 4 is 16.8 Å². The lowest BCUT2D eigenvalue weighted by Crippen LogP contribution is -2.14. The fourth-order valence-corrected chi connectivity index (χ4v) is 1.92. The lowest BCUT2D eigenvalue weighted by atomic mass is 10.2. The van der Waals surface area contributed by atoms with Gasteiger partial charge in [-0.1, -0.05) is 13.3 Å². The van der Waals surface area contributed by atoms with Crippen LogP contribution in [0.4, 0.5) is 5.69 Å². The molecule has 3 heteroatoms. The Hall–Kier alpha value is -1.51. The Morgan fingerprint density at radius 2 is 2.25 bits per heavy atom. The number of benzene rings is 1. The first kappa shape index (κ1) is 11.0. The summed E-state index contributed by atoms with van der Waals surface area (Å²) in [6.45, 7) is 6.26. The van der Waals surface area contributed by atoms with E-state index in [0.29, 0.717) is 11.9 Å². The van der Waals surface area contributed by atoms with Gasteiger partial charge in [0.25, 0.3) is 0 Å². The smallest absolute Gasteiger partial charge is 0.192 e. The molecular formula is C13H18N2O. The van der Waals surface area contributed by atoms with Crippen LogP contribution in [-0.2, 0) is 0 Å². The molecule has 0 fully saturated rings. The molecule has 1 N–H and O–H groups in total. The summed E-state index contributed by atoms with van der Waals surface area (Å²) >= 11 is 0. The second-order valence-electron chi connectivity index (χ2n) is 4.25. The molecule has 0 amide bonds. The number of oxazole rings is 1. The van der Waals surface area contributed by atoms with Crippen molar-refractivity contribution in [3.05, 3.63) is 24.1 Å². The van der Waals surface area contributed by atoms with Crippen LogP contribution < -0.4 is 5.32 Å². The molecule has 1 unspecified atom stereocenters. The first-order chi connectivity index (χ1) is 7.69. The monoisotopic (exact) mass is 218 g/mol. The molecule has 2 aromatic rings. The number of aryl methyl sites for hydroxylation is 1. The molecule has 0 saturated heterocycles. The topological polar surface area (TPSA) is 38.1 Å². The molecule has 1 atom stereocenters. The number of hydrogen-bond donors (Lipinski definition) is 1. The number of fused-ring (bicyclic) bond motifs is 1. The third-order valence-electron chi connectivity index (χ3n) is 2.63. The van der Waals surface area contributed by atoms with Crippen LogP contribution in [0.1, 0.15) is 32.6 Å². The van der Waals surface area contributed by atoms with Gasteiger partial charge in [0, 0.05) is 18.7 Å². The highest BCUT2D eigenvalue weighted by atomic mass is 16.3. The number of nitrogens with zero attached hydrogens (tertiary/aromatic N) is 1. The summed E-state index contributed by atoms with van der Waals surface area (Å²) in [6, 6.07) is 6.54. The Balaban J connectivity index is 2.18. The molecule has 0 bridgehead atoms. The molecule has 16 heavy (non-hydrogen) atoms. The molecule has 0 aliphatic carbocycles. The summed E-state index contributed by atoms with van der Waals surface area (Å²) in [7, 11) is 0. The minimum absolute atomic E-state index is 0.496. The van der Waals surface area contributed by atoms with E-state index in [9.17, 15) is 0 Å². The summed E-state index contributed by atoms with van der Waals surface area (Å²) in [4.78, 5) is 4.32. The van der Waals surface area contributed by atoms with Gasteiger partial charge in [-0.2, -0.15) is 0 Å². The van der Waals surface area contributed by atoms with E-state index < -0.39 is 0 Å². The lowest BCUT2D eigenvalue weighted by Gasteiger charge is -2.13. The zero-order valence-electron chi connectivity index (χ0n) is 10.1. The Kier molecular flexibility index (Phi) is 3.13. The van der Waals surface area contributed by atoms with E-state index >= 15 is 0 Å². The van der Waals surface area contributed by atoms with Crippen molar-refractivity contribution in [2.45, 2.75) is 39.7 Å². The average molecular weight is 218 g/mol. The van der Waals surface area contributed by atoms with Crippen molar-refractivity contribution in [3.63, 3.8) is 0 Å². The molecule has 3 nitrogen and oxygen atoms in total. The van der Waals surface area contributed by atoms with Crippen LogP contribution in [0.2, 0.25) is 0 Å². The first-order valence-corrected chi connectivity index (χ1v) is 5.82. The molecule has 0 aliphatic rings. The molecule has 1 aromatic carbocycles. The third kappa shape index (κ3) is 2.35. The van der Waals surface area contributed by atoms with Gasteiger partial charge in [0.2, 0.25) is 0 Å². The normalized spacial score (nSPS) is 12.9. The molecule has 1 aromatic heterocycles. The number of hydrogen-bond acceptors (Lipinski definition) is 3. The fourth-order valence-electron chi connectivity index (χ4n) is 1.92. The van der Waals surface area contributed by atoms with Crippen LogP contribution in [-0.4, -0.2) is 11.0 Å². The maximum atomic E-state index is 5.44. The molecular weight excluding hydrogens is 200 g/mol. The molecule has 0 saturated carbocycles. The van der Waals surface area contributed by atoms with Crippen LogP contribution >= 0.6 is 0 Å². The highest BCUT2D eigenvalue weighted by Crippen LogP contribution is 2.20. The van der Waals surface area contributed by atoms with Crippen molar-refractivity contribution in [1.29, 1.82) is 0 Å². The van der Waals surface area contributed by atoms with Gasteiger partial charge in [-0.25, -0.2) is 4.98 Å². The molecule has 86 valence electrons. The van der Waals surface area contributed by atoms with Crippen molar-refractivity contribution in [2.75, 3.05) is 5.32 Å². The highest BCUT2D eigenvalue weighted by Gasteiger charge is 2.05. The van der Waals surface area contributed by atoms with Gasteiger partial charge in [-0.15, -0.1) is 0 Å². The van der Waals surface area contributed by atoms with E-state index in [0.717, 1.165) is 16.8 Å². The Morgan fingerprint density at radius 1 is 1.44 bits per heavy atom. The molecule has 0 radical (unpaired) electrons. The summed E-state index contributed by atoms with van der Waals surface area (Å²) in [5.41, 5.74) is 2.89. The van der Waals surface area contributed by atoms with Gasteiger partial charge < -0.3 is 9.73 Å². The average Bonchev–Trinajstić information content (AvgIpc) is 2.57. The zero-order chi connectivity index (χ0) is 11.5. The first-order valence-electron chi connectivity index (χ1n) is 5.82. The molecule has 0 aliphatic heterocycles. The number of aromatic nitrogens is 1. The van der Waals surface area contributed by atoms with Crippen LogP contribution in [0.25, 0.3) is 11.1 Å². The largest absolute Gasteiger partial charge is 0.441 e. The summed E-state index contributed by atoms with van der Waals surface area (Å²) in [6.07, 6.45) is 2.37. The second kappa shape index (κ2) is 4.56. The van der Waals surface area contributed by atoms with Crippen LogP contribution in [0, 0.1) is 6.92 Å². The predicted molar refractivity (Wildman–Crippen MR) is 66.7 cm³/mol. The Labute approximate surface area is 95.9 Å². The van der Waals surface area contributed by atoms with Crippen LogP contribution in [0.15, 0.2) is 22.6 Å². The van der Waals surface area contributed by atoms with Gasteiger partial charge in [-0.3, -0.25) is 0 Å².